The molecule has 1 fully saturated rings. The number of aryl methyl sites for hydroxylation is 1. The number of oxime groups is 1. The average molecular weight is 796 g/mol. The first-order valence-corrected chi connectivity index (χ1v) is 21.1. The van der Waals surface area contributed by atoms with Gasteiger partial charge in [-0.25, -0.2) is 4.79 Å². The Bertz CT molecular complexity index is 1870. The molecule has 312 valence electrons. The molecule has 2 heterocycles. The van der Waals surface area contributed by atoms with Crippen molar-refractivity contribution < 1.29 is 38.8 Å². The number of aromatic nitrogens is 1. The summed E-state index contributed by atoms with van der Waals surface area (Å²) in [6, 6.07) is 20.9. The van der Waals surface area contributed by atoms with Crippen LogP contribution in [0.3, 0.4) is 0 Å². The van der Waals surface area contributed by atoms with E-state index >= 15 is 0 Å². The zero-order valence-electron chi connectivity index (χ0n) is 34.4. The number of unbranched alkanes of at least 4 members (excludes halogenated alkanes) is 2. The van der Waals surface area contributed by atoms with Crippen molar-refractivity contribution in [3.63, 3.8) is 0 Å². The standard InChI is InChI=1S/C47H61N3O8/c1-5-24-50(46(53)55-31-34-17-9-8-10-18-34)43-30-41(49-57-7-3)39-28-35(19-11-13-25-51)38(21-12-14-26-52)44-40-29-37(54-32-36-20-15-16-33(4)48-36)22-23-42(40)58-47(43,45(39)44)56-27-6-2/h6,8-10,15-18,20,22-23,28-29,35,38,43-45,51-52H,2,5,7,11-14,19,21,24-27,30-32H2,1,3-4H3. The second-order valence-corrected chi connectivity index (χ2v) is 15.5. The van der Waals surface area contributed by atoms with Crippen LogP contribution in [0, 0.1) is 24.7 Å². The highest BCUT2D eigenvalue weighted by Gasteiger charge is 2.65. The van der Waals surface area contributed by atoms with Gasteiger partial charge >= 0.3 is 6.09 Å². The summed E-state index contributed by atoms with van der Waals surface area (Å²) in [6.45, 7) is 11.6. The summed E-state index contributed by atoms with van der Waals surface area (Å²) in [6.07, 6.45) is 9.35. The number of hydrogen-bond donors (Lipinski definition) is 2. The molecule has 11 nitrogen and oxygen atoms in total. The number of hydrogen-bond acceptors (Lipinski definition) is 10. The van der Waals surface area contributed by atoms with Crippen LogP contribution >= 0.6 is 0 Å². The van der Waals surface area contributed by atoms with E-state index < -0.39 is 23.8 Å². The monoisotopic (exact) mass is 795 g/mol. The fraction of sp³-hybridized carbons (Fsp3) is 0.511. The van der Waals surface area contributed by atoms with Gasteiger partial charge in [-0.05, 0) is 99.3 Å². The number of pyridine rings is 1. The maximum Gasteiger partial charge on any atom is 0.410 e. The molecule has 3 aliphatic rings. The van der Waals surface area contributed by atoms with Gasteiger partial charge in [0, 0.05) is 43.4 Å². The number of carbonyl (C=O) groups is 1. The van der Waals surface area contributed by atoms with Gasteiger partial charge in [0.2, 0.25) is 5.79 Å². The Morgan fingerprint density at radius 1 is 1.02 bits per heavy atom. The minimum Gasteiger partial charge on any atom is -0.487 e. The zero-order chi connectivity index (χ0) is 40.9. The van der Waals surface area contributed by atoms with Crippen molar-refractivity contribution in [3.05, 3.63) is 114 Å². The van der Waals surface area contributed by atoms with E-state index in [-0.39, 0.29) is 44.2 Å². The Balaban J connectivity index is 1.52. The van der Waals surface area contributed by atoms with Gasteiger partial charge in [0.15, 0.2) is 0 Å². The lowest BCUT2D eigenvalue weighted by Gasteiger charge is -2.59. The van der Waals surface area contributed by atoms with Gasteiger partial charge in [-0.2, -0.15) is 0 Å². The Hall–Kier alpha value is -4.71. The normalized spacial score (nSPS) is 23.8. The summed E-state index contributed by atoms with van der Waals surface area (Å²) >= 11 is 0. The Morgan fingerprint density at radius 2 is 1.81 bits per heavy atom. The number of nitrogens with zero attached hydrogens (tertiary/aromatic N) is 3. The zero-order valence-corrected chi connectivity index (χ0v) is 34.4. The number of aliphatic hydroxyl groups excluding tert-OH is 2. The van der Waals surface area contributed by atoms with Crippen LogP contribution < -0.4 is 9.47 Å². The molecule has 0 spiro atoms. The molecule has 0 radical (unpaired) electrons. The van der Waals surface area contributed by atoms with Gasteiger partial charge < -0.3 is 34.0 Å². The predicted octanol–water partition coefficient (Wildman–Crippen LogP) is 8.67. The van der Waals surface area contributed by atoms with Crippen molar-refractivity contribution in [2.75, 3.05) is 33.0 Å². The third-order valence-corrected chi connectivity index (χ3v) is 11.6. The lowest BCUT2D eigenvalue weighted by atomic mass is 9.55. The molecule has 2 aliphatic carbocycles. The SMILES string of the molecule is C=CCOC12Oc3ccc(OCc4cccc(C)n4)cc3C3C(CCCCO)C(CCCCO)C=C(C(=NOCC)CC1N(CCC)C(=O)OCc1ccccc1)C32. The maximum atomic E-state index is 14.4. The van der Waals surface area contributed by atoms with E-state index in [0.717, 1.165) is 59.5 Å². The minimum atomic E-state index is -1.36. The molecule has 11 heteroatoms. The van der Waals surface area contributed by atoms with E-state index in [1.165, 1.54) is 0 Å². The summed E-state index contributed by atoms with van der Waals surface area (Å²) in [5.41, 5.74) is 5.38. The van der Waals surface area contributed by atoms with Gasteiger partial charge in [0.25, 0.3) is 0 Å². The van der Waals surface area contributed by atoms with E-state index in [1.807, 2.05) is 81.4 Å². The molecular weight excluding hydrogens is 735 g/mol. The molecule has 1 saturated carbocycles. The highest BCUT2D eigenvalue weighted by atomic mass is 16.7. The Labute approximate surface area is 343 Å². The Kier molecular flexibility index (Phi) is 15.4. The van der Waals surface area contributed by atoms with Crippen LogP contribution in [-0.2, 0) is 27.5 Å². The van der Waals surface area contributed by atoms with E-state index in [1.54, 1.807) is 11.0 Å². The minimum absolute atomic E-state index is 0.0961. The lowest BCUT2D eigenvalue weighted by molar-refractivity contribution is -0.255. The lowest BCUT2D eigenvalue weighted by Crippen LogP contribution is -2.70. The fourth-order valence-electron chi connectivity index (χ4n) is 9.14. The molecule has 3 aromatic rings. The number of fused-ring (bicyclic) bond motifs is 2. The molecule has 2 aromatic carbocycles. The van der Waals surface area contributed by atoms with Crippen molar-refractivity contribution in [1.82, 2.24) is 9.88 Å². The number of carbonyl (C=O) groups excluding carboxylic acids is 1. The van der Waals surface area contributed by atoms with Crippen molar-refractivity contribution in [2.24, 2.45) is 22.9 Å². The summed E-state index contributed by atoms with van der Waals surface area (Å²) in [5, 5.41) is 24.5. The average Bonchev–Trinajstić information content (AvgIpc) is 3.24. The number of benzene rings is 2. The van der Waals surface area contributed by atoms with E-state index in [9.17, 15) is 15.0 Å². The highest BCUT2D eigenvalue weighted by Crippen LogP contribution is 2.62. The molecule has 58 heavy (non-hydrogen) atoms. The van der Waals surface area contributed by atoms with Crippen molar-refractivity contribution in [1.29, 1.82) is 0 Å². The van der Waals surface area contributed by atoms with Gasteiger partial charge in [-0.1, -0.05) is 73.5 Å². The second-order valence-electron chi connectivity index (χ2n) is 15.5. The van der Waals surface area contributed by atoms with Crippen LogP contribution in [0.2, 0.25) is 0 Å². The number of rotatable bonds is 21. The Morgan fingerprint density at radius 3 is 2.53 bits per heavy atom. The number of allylic oxidation sites excluding steroid dienone is 1. The number of amides is 1. The van der Waals surface area contributed by atoms with Gasteiger partial charge in [-0.3, -0.25) is 9.88 Å². The topological polar surface area (TPSA) is 132 Å². The van der Waals surface area contributed by atoms with E-state index in [4.69, 9.17) is 28.9 Å². The highest BCUT2D eigenvalue weighted by molar-refractivity contribution is 6.03. The van der Waals surface area contributed by atoms with Crippen LogP contribution in [0.15, 0.2) is 96.2 Å². The van der Waals surface area contributed by atoms with E-state index in [2.05, 4.69) is 23.7 Å². The third-order valence-electron chi connectivity index (χ3n) is 11.6. The predicted molar refractivity (Wildman–Crippen MR) is 224 cm³/mol. The first kappa shape index (κ1) is 42.9. The molecule has 1 amide bonds. The molecule has 1 aromatic heterocycles. The smallest absolute Gasteiger partial charge is 0.410 e. The summed E-state index contributed by atoms with van der Waals surface area (Å²) in [7, 11) is 0. The number of ether oxygens (including phenoxy) is 4. The fourth-order valence-corrected chi connectivity index (χ4v) is 9.14. The maximum absolute atomic E-state index is 14.4. The molecule has 6 unspecified atom stereocenters. The molecule has 0 saturated heterocycles. The van der Waals surface area contributed by atoms with Crippen molar-refractivity contribution in [3.8, 4) is 11.5 Å². The summed E-state index contributed by atoms with van der Waals surface area (Å²) in [4.78, 5) is 26.7. The van der Waals surface area contributed by atoms with Crippen molar-refractivity contribution >= 4 is 11.8 Å². The molecule has 0 bridgehead atoms. The second kappa shape index (κ2) is 20.8. The van der Waals surface area contributed by atoms with Crippen LogP contribution in [0.5, 0.6) is 11.5 Å². The van der Waals surface area contributed by atoms with E-state index in [0.29, 0.717) is 56.9 Å². The summed E-state index contributed by atoms with van der Waals surface area (Å²) < 4.78 is 26.8. The largest absolute Gasteiger partial charge is 0.487 e. The first-order chi connectivity index (χ1) is 28.4. The quantitative estimate of drug-likeness (QED) is 0.0618. The molecule has 6 rings (SSSR count). The first-order valence-electron chi connectivity index (χ1n) is 21.1. The molecule has 6 atom stereocenters. The number of aliphatic hydroxyl groups is 2. The summed E-state index contributed by atoms with van der Waals surface area (Å²) in [5.74, 6) is -0.358. The van der Waals surface area contributed by atoms with Crippen molar-refractivity contribution in [2.45, 2.75) is 103 Å². The van der Waals surface area contributed by atoms with Gasteiger partial charge in [-0.15, -0.1) is 6.58 Å². The van der Waals surface area contributed by atoms with Crippen LogP contribution in [-0.4, -0.2) is 76.7 Å². The molecule has 1 aliphatic heterocycles. The van der Waals surface area contributed by atoms with Crippen LogP contribution in [0.1, 0.15) is 93.6 Å². The van der Waals surface area contributed by atoms with Crippen LogP contribution in [0.4, 0.5) is 4.79 Å². The molecular formula is C47H61N3O8. The van der Waals surface area contributed by atoms with Gasteiger partial charge in [0.1, 0.15) is 37.4 Å². The van der Waals surface area contributed by atoms with Gasteiger partial charge in [0.05, 0.1) is 23.9 Å². The van der Waals surface area contributed by atoms with Crippen LogP contribution in [0.25, 0.3) is 0 Å². The molecule has 2 N–H and O–H groups in total. The third kappa shape index (κ3) is 9.76.